The molecule has 0 aromatic rings. The number of esters is 1. The van der Waals surface area contributed by atoms with Crippen molar-refractivity contribution in [1.82, 2.24) is 0 Å². The fourth-order valence-electron chi connectivity index (χ4n) is 2.63. The molecule has 0 aromatic carbocycles. The molecule has 2 unspecified atom stereocenters. The first-order valence-electron chi connectivity index (χ1n) is 7.26. The predicted octanol–water partition coefficient (Wildman–Crippen LogP) is 1.49. The molecule has 0 heterocycles. The quantitative estimate of drug-likeness (QED) is 0.509. The van der Waals surface area contributed by atoms with Crippen LogP contribution in [-0.2, 0) is 19.0 Å². The Kier molecular flexibility index (Phi) is 7.34. The summed E-state index contributed by atoms with van der Waals surface area (Å²) in [6.45, 7) is 6.69. The van der Waals surface area contributed by atoms with Crippen LogP contribution in [0, 0.1) is 5.92 Å². The standard InChI is InChI=1S/C14H27NO4/c1-3-17-10-11-18-9-7-12-6-5-8-14(12,15)13(16)19-4-2/h12H,3-11,15H2,1-2H3. The van der Waals surface area contributed by atoms with Gasteiger partial charge < -0.3 is 19.9 Å². The Morgan fingerprint density at radius 2 is 1.95 bits per heavy atom. The molecule has 0 radical (unpaired) electrons. The third-order valence-corrected chi connectivity index (χ3v) is 3.71. The minimum absolute atomic E-state index is 0.165. The highest BCUT2D eigenvalue weighted by atomic mass is 16.5. The van der Waals surface area contributed by atoms with Gasteiger partial charge in [-0.3, -0.25) is 4.79 Å². The van der Waals surface area contributed by atoms with Gasteiger partial charge >= 0.3 is 5.97 Å². The zero-order valence-electron chi connectivity index (χ0n) is 12.2. The van der Waals surface area contributed by atoms with Crippen LogP contribution in [0.25, 0.3) is 0 Å². The minimum atomic E-state index is -0.806. The Bertz CT molecular complexity index is 272. The van der Waals surface area contributed by atoms with Gasteiger partial charge in [-0.25, -0.2) is 0 Å². The summed E-state index contributed by atoms with van der Waals surface area (Å²) in [7, 11) is 0. The van der Waals surface area contributed by atoms with Crippen molar-refractivity contribution in [1.29, 1.82) is 0 Å². The third-order valence-electron chi connectivity index (χ3n) is 3.71. The second kappa shape index (κ2) is 8.51. The van der Waals surface area contributed by atoms with Gasteiger partial charge in [-0.2, -0.15) is 0 Å². The summed E-state index contributed by atoms with van der Waals surface area (Å²) >= 11 is 0. The molecule has 1 aliphatic carbocycles. The van der Waals surface area contributed by atoms with Crippen LogP contribution in [0.4, 0.5) is 0 Å². The maximum absolute atomic E-state index is 11.9. The second-order valence-corrected chi connectivity index (χ2v) is 4.95. The van der Waals surface area contributed by atoms with Gasteiger partial charge in [0.2, 0.25) is 0 Å². The highest BCUT2D eigenvalue weighted by Gasteiger charge is 2.46. The van der Waals surface area contributed by atoms with E-state index in [2.05, 4.69) is 0 Å². The van der Waals surface area contributed by atoms with Gasteiger partial charge in [-0.15, -0.1) is 0 Å². The van der Waals surface area contributed by atoms with E-state index >= 15 is 0 Å². The molecule has 2 N–H and O–H groups in total. The molecule has 0 amide bonds. The molecule has 1 rings (SSSR count). The monoisotopic (exact) mass is 273 g/mol. The molecule has 19 heavy (non-hydrogen) atoms. The molecule has 0 bridgehead atoms. The maximum atomic E-state index is 11.9. The molecule has 0 spiro atoms. The Balaban J connectivity index is 2.29. The molecule has 5 heteroatoms. The lowest BCUT2D eigenvalue weighted by Gasteiger charge is -2.28. The number of hydrogen-bond donors (Lipinski definition) is 1. The summed E-state index contributed by atoms with van der Waals surface area (Å²) in [5.41, 5.74) is 5.43. The Labute approximate surface area is 115 Å². The van der Waals surface area contributed by atoms with E-state index in [4.69, 9.17) is 19.9 Å². The van der Waals surface area contributed by atoms with Gasteiger partial charge in [0.15, 0.2) is 0 Å². The number of rotatable bonds is 9. The number of hydrogen-bond acceptors (Lipinski definition) is 5. The van der Waals surface area contributed by atoms with E-state index in [1.54, 1.807) is 0 Å². The summed E-state index contributed by atoms with van der Waals surface area (Å²) in [5.74, 6) is -0.0922. The van der Waals surface area contributed by atoms with Crippen LogP contribution in [0.3, 0.4) is 0 Å². The Morgan fingerprint density at radius 1 is 1.21 bits per heavy atom. The lowest BCUT2D eigenvalue weighted by atomic mass is 9.86. The third kappa shape index (κ3) is 4.75. The first-order chi connectivity index (χ1) is 9.15. The van der Waals surface area contributed by atoms with Gasteiger partial charge in [0.25, 0.3) is 0 Å². The number of carbonyl (C=O) groups excluding carboxylic acids is 1. The fourth-order valence-corrected chi connectivity index (χ4v) is 2.63. The minimum Gasteiger partial charge on any atom is -0.465 e. The van der Waals surface area contributed by atoms with Gasteiger partial charge in [-0.05, 0) is 39.0 Å². The molecule has 1 saturated carbocycles. The van der Waals surface area contributed by atoms with Crippen LogP contribution in [0.1, 0.15) is 39.5 Å². The van der Waals surface area contributed by atoms with E-state index in [9.17, 15) is 4.79 Å². The number of nitrogens with two attached hydrogens (primary N) is 1. The van der Waals surface area contributed by atoms with Crippen molar-refractivity contribution in [2.45, 2.75) is 45.1 Å². The molecule has 112 valence electrons. The summed E-state index contributed by atoms with van der Waals surface area (Å²) in [5, 5.41) is 0. The van der Waals surface area contributed by atoms with E-state index in [-0.39, 0.29) is 11.9 Å². The highest BCUT2D eigenvalue weighted by Crippen LogP contribution is 2.36. The molecule has 5 nitrogen and oxygen atoms in total. The first kappa shape index (κ1) is 16.4. The average molecular weight is 273 g/mol. The van der Waals surface area contributed by atoms with Crippen LogP contribution in [0.2, 0.25) is 0 Å². The van der Waals surface area contributed by atoms with Crippen molar-refractivity contribution < 1.29 is 19.0 Å². The lowest BCUT2D eigenvalue weighted by Crippen LogP contribution is -2.52. The van der Waals surface area contributed by atoms with Gasteiger partial charge in [0.05, 0.1) is 19.8 Å². The molecule has 2 atom stereocenters. The van der Waals surface area contributed by atoms with E-state index in [1.165, 1.54) is 0 Å². The van der Waals surface area contributed by atoms with Crippen molar-refractivity contribution in [2.75, 3.05) is 33.0 Å². The maximum Gasteiger partial charge on any atom is 0.326 e. The van der Waals surface area contributed by atoms with Crippen molar-refractivity contribution in [3.05, 3.63) is 0 Å². The van der Waals surface area contributed by atoms with Crippen LogP contribution >= 0.6 is 0 Å². The smallest absolute Gasteiger partial charge is 0.326 e. The van der Waals surface area contributed by atoms with Crippen LogP contribution in [-0.4, -0.2) is 44.5 Å². The SMILES string of the molecule is CCOCCOCCC1CCCC1(N)C(=O)OCC. The zero-order valence-corrected chi connectivity index (χ0v) is 12.2. The summed E-state index contributed by atoms with van der Waals surface area (Å²) in [6, 6.07) is 0. The van der Waals surface area contributed by atoms with Gasteiger partial charge in [0.1, 0.15) is 5.54 Å². The van der Waals surface area contributed by atoms with Gasteiger partial charge in [0, 0.05) is 13.2 Å². The van der Waals surface area contributed by atoms with Crippen molar-refractivity contribution in [3.63, 3.8) is 0 Å². The molecule has 0 aliphatic heterocycles. The van der Waals surface area contributed by atoms with Crippen molar-refractivity contribution >= 4 is 5.97 Å². The first-order valence-corrected chi connectivity index (χ1v) is 7.26. The second-order valence-electron chi connectivity index (χ2n) is 4.95. The molecular formula is C14H27NO4. The van der Waals surface area contributed by atoms with Crippen molar-refractivity contribution in [2.24, 2.45) is 11.7 Å². The summed E-state index contributed by atoms with van der Waals surface area (Å²) in [4.78, 5) is 11.9. The average Bonchev–Trinajstić information content (AvgIpc) is 2.77. The fraction of sp³-hybridized carbons (Fsp3) is 0.929. The Morgan fingerprint density at radius 3 is 2.63 bits per heavy atom. The molecule has 0 aromatic heterocycles. The molecule has 1 fully saturated rings. The number of ether oxygens (including phenoxy) is 3. The topological polar surface area (TPSA) is 70.8 Å². The van der Waals surface area contributed by atoms with E-state index in [1.807, 2.05) is 13.8 Å². The van der Waals surface area contributed by atoms with E-state index in [0.717, 1.165) is 25.7 Å². The Hall–Kier alpha value is -0.650. The molecule has 0 saturated heterocycles. The summed E-state index contributed by atoms with van der Waals surface area (Å²) in [6.07, 6.45) is 3.49. The van der Waals surface area contributed by atoms with Crippen LogP contribution in [0.5, 0.6) is 0 Å². The van der Waals surface area contributed by atoms with E-state index < -0.39 is 5.54 Å². The summed E-state index contributed by atoms with van der Waals surface area (Å²) < 4.78 is 15.8. The normalized spacial score (nSPS) is 26.6. The largest absolute Gasteiger partial charge is 0.465 e. The zero-order chi connectivity index (χ0) is 14.1. The van der Waals surface area contributed by atoms with Crippen molar-refractivity contribution in [3.8, 4) is 0 Å². The molecule has 1 aliphatic rings. The van der Waals surface area contributed by atoms with Gasteiger partial charge in [-0.1, -0.05) is 6.42 Å². The highest BCUT2D eigenvalue weighted by molar-refractivity contribution is 5.81. The lowest BCUT2D eigenvalue weighted by molar-refractivity contribution is -0.151. The van der Waals surface area contributed by atoms with Crippen LogP contribution in [0.15, 0.2) is 0 Å². The predicted molar refractivity (Wildman–Crippen MR) is 72.8 cm³/mol. The van der Waals surface area contributed by atoms with Crippen LogP contribution < -0.4 is 5.73 Å². The molecular weight excluding hydrogens is 246 g/mol. The number of carbonyl (C=O) groups is 1. The van der Waals surface area contributed by atoms with E-state index in [0.29, 0.717) is 33.0 Å².